The maximum Gasteiger partial charge on any atom is 0.321 e. The zero-order chi connectivity index (χ0) is 20.9. The second kappa shape index (κ2) is 9.64. The van der Waals surface area contributed by atoms with Crippen LogP contribution in [0.15, 0.2) is 24.3 Å². The van der Waals surface area contributed by atoms with Crippen LogP contribution in [-0.2, 0) is 10.2 Å². The van der Waals surface area contributed by atoms with Gasteiger partial charge in [0, 0.05) is 38.3 Å². The molecular weight excluding hydrogens is 362 g/mol. The van der Waals surface area contributed by atoms with Gasteiger partial charge in [-0.3, -0.25) is 4.79 Å². The summed E-state index contributed by atoms with van der Waals surface area (Å²) in [6.45, 7) is 9.22. The van der Waals surface area contributed by atoms with Crippen LogP contribution >= 0.6 is 0 Å². The number of nitrogens with one attached hydrogen (secondary N) is 1. The average molecular weight is 400 g/mol. The number of benzene rings is 1. The molecule has 29 heavy (non-hydrogen) atoms. The molecule has 0 bridgehead atoms. The Morgan fingerprint density at radius 1 is 0.931 bits per heavy atom. The first-order chi connectivity index (χ1) is 13.8. The van der Waals surface area contributed by atoms with Crippen molar-refractivity contribution in [2.75, 3.05) is 31.5 Å². The normalized spacial score (nSPS) is 18.6. The molecule has 5 nitrogen and oxygen atoms in total. The summed E-state index contributed by atoms with van der Waals surface area (Å²) < 4.78 is 0. The van der Waals surface area contributed by atoms with Gasteiger partial charge in [0.1, 0.15) is 0 Å². The predicted molar refractivity (Wildman–Crippen MR) is 118 cm³/mol. The monoisotopic (exact) mass is 399 g/mol. The lowest BCUT2D eigenvalue weighted by Gasteiger charge is -2.23. The summed E-state index contributed by atoms with van der Waals surface area (Å²) in [5.74, 6) is 1.01. The zero-order valence-electron chi connectivity index (χ0n) is 18.4. The van der Waals surface area contributed by atoms with E-state index in [4.69, 9.17) is 0 Å². The van der Waals surface area contributed by atoms with Gasteiger partial charge in [-0.25, -0.2) is 4.79 Å². The largest absolute Gasteiger partial charge is 0.341 e. The van der Waals surface area contributed by atoms with Crippen LogP contribution < -0.4 is 5.32 Å². The standard InChI is InChI=1S/C24H37N3O2/c1-24(2,3)20-10-12-21(13-11-20)25-23(29)27-16-6-15-26(17-18-27)22(28)14-9-19-7-4-5-8-19/h10-13,19H,4-9,14-18H2,1-3H3,(H,25,29). The molecule has 2 aliphatic rings. The molecule has 1 heterocycles. The SMILES string of the molecule is CC(C)(C)c1ccc(NC(=O)N2CCCN(C(=O)CCC3CCCC3)CC2)cc1. The number of anilines is 1. The topological polar surface area (TPSA) is 52.7 Å². The third kappa shape index (κ3) is 6.22. The lowest BCUT2D eigenvalue weighted by atomic mass is 9.87. The number of hydrogen-bond donors (Lipinski definition) is 1. The van der Waals surface area contributed by atoms with Crippen molar-refractivity contribution in [2.24, 2.45) is 5.92 Å². The summed E-state index contributed by atoms with van der Waals surface area (Å²) in [7, 11) is 0. The Balaban J connectivity index is 1.46. The summed E-state index contributed by atoms with van der Waals surface area (Å²) in [6.07, 6.45) is 7.76. The zero-order valence-corrected chi connectivity index (χ0v) is 18.4. The van der Waals surface area contributed by atoms with Crippen molar-refractivity contribution < 1.29 is 9.59 Å². The predicted octanol–water partition coefficient (Wildman–Crippen LogP) is 5.02. The molecule has 3 rings (SSSR count). The lowest BCUT2D eigenvalue weighted by molar-refractivity contribution is -0.131. The van der Waals surface area contributed by atoms with E-state index in [0.717, 1.165) is 31.0 Å². The number of hydrogen-bond acceptors (Lipinski definition) is 2. The first-order valence-electron chi connectivity index (χ1n) is 11.3. The molecule has 1 aliphatic carbocycles. The van der Waals surface area contributed by atoms with Crippen LogP contribution in [0.4, 0.5) is 10.5 Å². The molecule has 2 fully saturated rings. The minimum atomic E-state index is -0.0752. The number of carbonyl (C=O) groups excluding carboxylic acids is 2. The molecule has 1 aromatic rings. The highest BCUT2D eigenvalue weighted by Gasteiger charge is 2.23. The van der Waals surface area contributed by atoms with E-state index >= 15 is 0 Å². The van der Waals surface area contributed by atoms with Gasteiger partial charge in [0.2, 0.25) is 5.91 Å². The molecule has 1 saturated carbocycles. The maximum atomic E-state index is 12.7. The Labute approximate surface area is 175 Å². The highest BCUT2D eigenvalue weighted by atomic mass is 16.2. The average Bonchev–Trinajstić information content (AvgIpc) is 3.08. The van der Waals surface area contributed by atoms with Crippen LogP contribution in [0.1, 0.15) is 71.3 Å². The van der Waals surface area contributed by atoms with Gasteiger partial charge in [0.25, 0.3) is 0 Å². The minimum Gasteiger partial charge on any atom is -0.341 e. The third-order valence-corrected chi connectivity index (χ3v) is 6.38. The molecule has 5 heteroatoms. The molecule has 1 aliphatic heterocycles. The summed E-state index contributed by atoms with van der Waals surface area (Å²) >= 11 is 0. The molecule has 1 N–H and O–H groups in total. The fourth-order valence-electron chi connectivity index (χ4n) is 4.41. The molecule has 0 aromatic heterocycles. The van der Waals surface area contributed by atoms with E-state index in [1.807, 2.05) is 21.9 Å². The van der Waals surface area contributed by atoms with Gasteiger partial charge < -0.3 is 15.1 Å². The van der Waals surface area contributed by atoms with Crippen molar-refractivity contribution in [1.82, 2.24) is 9.80 Å². The smallest absolute Gasteiger partial charge is 0.321 e. The van der Waals surface area contributed by atoms with Crippen molar-refractivity contribution in [1.29, 1.82) is 0 Å². The lowest BCUT2D eigenvalue weighted by Crippen LogP contribution is -2.39. The maximum absolute atomic E-state index is 12.7. The van der Waals surface area contributed by atoms with E-state index in [-0.39, 0.29) is 17.4 Å². The Bertz CT molecular complexity index is 687. The number of nitrogens with zero attached hydrogens (tertiary/aromatic N) is 2. The molecule has 0 radical (unpaired) electrons. The van der Waals surface area contributed by atoms with Gasteiger partial charge in [-0.2, -0.15) is 0 Å². The molecule has 1 aromatic carbocycles. The van der Waals surface area contributed by atoms with Crippen molar-refractivity contribution in [3.05, 3.63) is 29.8 Å². The van der Waals surface area contributed by atoms with Crippen molar-refractivity contribution in [3.63, 3.8) is 0 Å². The molecular formula is C24H37N3O2. The summed E-state index contributed by atoms with van der Waals surface area (Å²) in [4.78, 5) is 29.1. The van der Waals surface area contributed by atoms with E-state index in [1.54, 1.807) is 0 Å². The third-order valence-electron chi connectivity index (χ3n) is 6.38. The van der Waals surface area contributed by atoms with E-state index in [2.05, 4.69) is 38.2 Å². The van der Waals surface area contributed by atoms with Crippen LogP contribution in [0.2, 0.25) is 0 Å². The van der Waals surface area contributed by atoms with Crippen LogP contribution in [0.5, 0.6) is 0 Å². The van der Waals surface area contributed by atoms with Gasteiger partial charge in [-0.1, -0.05) is 58.6 Å². The Kier molecular flexibility index (Phi) is 7.20. The Morgan fingerprint density at radius 2 is 1.55 bits per heavy atom. The highest BCUT2D eigenvalue weighted by molar-refractivity contribution is 5.89. The highest BCUT2D eigenvalue weighted by Crippen LogP contribution is 2.29. The number of urea groups is 1. The van der Waals surface area contributed by atoms with E-state index < -0.39 is 0 Å². The van der Waals surface area contributed by atoms with E-state index in [9.17, 15) is 9.59 Å². The van der Waals surface area contributed by atoms with Gasteiger partial charge in [-0.15, -0.1) is 0 Å². The van der Waals surface area contributed by atoms with Crippen LogP contribution in [0, 0.1) is 5.92 Å². The molecule has 160 valence electrons. The Hall–Kier alpha value is -2.04. The number of amides is 3. The molecule has 0 spiro atoms. The second-order valence-corrected chi connectivity index (χ2v) is 9.67. The first-order valence-corrected chi connectivity index (χ1v) is 11.3. The number of carbonyl (C=O) groups is 2. The molecule has 3 amide bonds. The van der Waals surface area contributed by atoms with Gasteiger partial charge in [-0.05, 0) is 41.9 Å². The number of rotatable bonds is 4. The fraction of sp³-hybridized carbons (Fsp3) is 0.667. The summed E-state index contributed by atoms with van der Waals surface area (Å²) in [5.41, 5.74) is 2.16. The molecule has 0 atom stereocenters. The van der Waals surface area contributed by atoms with Crippen LogP contribution in [-0.4, -0.2) is 47.9 Å². The van der Waals surface area contributed by atoms with Crippen molar-refractivity contribution in [3.8, 4) is 0 Å². The van der Waals surface area contributed by atoms with Crippen LogP contribution in [0.25, 0.3) is 0 Å². The van der Waals surface area contributed by atoms with Crippen molar-refractivity contribution in [2.45, 2.75) is 71.1 Å². The van der Waals surface area contributed by atoms with Gasteiger partial charge in [0.05, 0.1) is 0 Å². The fourth-order valence-corrected chi connectivity index (χ4v) is 4.41. The van der Waals surface area contributed by atoms with Gasteiger partial charge in [0.15, 0.2) is 0 Å². The summed E-state index contributed by atoms with van der Waals surface area (Å²) in [5, 5.41) is 3.01. The first kappa shape index (κ1) is 21.7. The Morgan fingerprint density at radius 3 is 2.21 bits per heavy atom. The van der Waals surface area contributed by atoms with Crippen molar-refractivity contribution >= 4 is 17.6 Å². The molecule has 0 unspecified atom stereocenters. The van der Waals surface area contributed by atoms with Gasteiger partial charge >= 0.3 is 6.03 Å². The van der Waals surface area contributed by atoms with E-state index in [1.165, 1.54) is 31.2 Å². The summed E-state index contributed by atoms with van der Waals surface area (Å²) in [6, 6.07) is 8.00. The molecule has 1 saturated heterocycles. The van der Waals surface area contributed by atoms with Crippen LogP contribution in [0.3, 0.4) is 0 Å². The minimum absolute atomic E-state index is 0.0752. The quantitative estimate of drug-likeness (QED) is 0.773. The second-order valence-electron chi connectivity index (χ2n) is 9.67. The van der Waals surface area contributed by atoms with E-state index in [0.29, 0.717) is 26.1 Å².